The van der Waals surface area contributed by atoms with Crippen LogP contribution in [0.15, 0.2) is 18.5 Å². The van der Waals surface area contributed by atoms with E-state index >= 15 is 0 Å². The van der Waals surface area contributed by atoms with Gasteiger partial charge < -0.3 is 20.1 Å². The zero-order valence-corrected chi connectivity index (χ0v) is 9.85. The molecule has 16 heavy (non-hydrogen) atoms. The first kappa shape index (κ1) is 12.7. The number of hydrogen-bond donors (Lipinski definition) is 1. The Morgan fingerprint density at radius 1 is 1.38 bits per heavy atom. The summed E-state index contributed by atoms with van der Waals surface area (Å²) in [6.45, 7) is 2.69. The summed E-state index contributed by atoms with van der Waals surface area (Å²) in [5.74, 6) is 0. The van der Waals surface area contributed by atoms with Crippen LogP contribution in [0, 0.1) is 0 Å². The molecule has 5 nitrogen and oxygen atoms in total. The van der Waals surface area contributed by atoms with Crippen molar-refractivity contribution < 1.29 is 9.47 Å². The molecule has 0 aliphatic rings. The third kappa shape index (κ3) is 4.04. The number of aromatic nitrogens is 1. The van der Waals surface area contributed by atoms with Crippen molar-refractivity contribution in [2.75, 3.05) is 51.2 Å². The van der Waals surface area contributed by atoms with Gasteiger partial charge in [0.05, 0.1) is 37.4 Å². The smallest absolute Gasteiger partial charge is 0.0738 e. The number of rotatable bonds is 7. The van der Waals surface area contributed by atoms with Gasteiger partial charge in [-0.1, -0.05) is 0 Å². The summed E-state index contributed by atoms with van der Waals surface area (Å²) in [7, 11) is 3.64. The van der Waals surface area contributed by atoms with E-state index in [0.717, 1.165) is 12.2 Å². The lowest BCUT2D eigenvalue weighted by Gasteiger charge is -2.20. The molecule has 5 heteroatoms. The maximum atomic E-state index is 5.81. The molecule has 0 amide bonds. The van der Waals surface area contributed by atoms with Crippen molar-refractivity contribution >= 4 is 11.4 Å². The minimum atomic E-state index is 0.621. The van der Waals surface area contributed by atoms with Crippen LogP contribution in [0.25, 0.3) is 0 Å². The monoisotopic (exact) mass is 225 g/mol. The van der Waals surface area contributed by atoms with E-state index in [2.05, 4.69) is 4.98 Å². The van der Waals surface area contributed by atoms with Crippen LogP contribution >= 0.6 is 0 Å². The maximum Gasteiger partial charge on any atom is 0.0738 e. The maximum absolute atomic E-state index is 5.81. The van der Waals surface area contributed by atoms with Gasteiger partial charge in [0.25, 0.3) is 0 Å². The number of nitrogen functional groups attached to an aromatic ring is 1. The van der Waals surface area contributed by atoms with E-state index in [-0.39, 0.29) is 0 Å². The summed E-state index contributed by atoms with van der Waals surface area (Å²) in [5.41, 5.74) is 7.47. The summed E-state index contributed by atoms with van der Waals surface area (Å²) in [6.07, 6.45) is 3.38. The molecule has 1 heterocycles. The van der Waals surface area contributed by atoms with Crippen LogP contribution in [-0.2, 0) is 9.47 Å². The molecule has 0 aliphatic carbocycles. The molecule has 1 aromatic rings. The highest BCUT2D eigenvalue weighted by molar-refractivity contribution is 5.65. The standard InChI is InChI=1S/C11H19N3O2/c1-14(5-6-16-8-7-15-2)11-3-4-13-9-10(11)12/h3-4,9H,5-8,12H2,1-2H3. The third-order valence-corrected chi connectivity index (χ3v) is 2.24. The van der Waals surface area contributed by atoms with Crippen LogP contribution in [0.4, 0.5) is 11.4 Å². The van der Waals surface area contributed by atoms with Crippen molar-refractivity contribution in [3.05, 3.63) is 18.5 Å². The molecule has 0 unspecified atom stereocenters. The summed E-state index contributed by atoms with van der Waals surface area (Å²) < 4.78 is 10.3. The molecule has 90 valence electrons. The Hall–Kier alpha value is -1.33. The molecule has 0 saturated carbocycles. The van der Waals surface area contributed by atoms with Gasteiger partial charge in [0.15, 0.2) is 0 Å². The number of hydrogen-bond acceptors (Lipinski definition) is 5. The summed E-state index contributed by atoms with van der Waals surface area (Å²) in [5, 5.41) is 0. The molecule has 0 radical (unpaired) electrons. The van der Waals surface area contributed by atoms with Crippen molar-refractivity contribution in [2.45, 2.75) is 0 Å². The van der Waals surface area contributed by atoms with E-state index in [4.69, 9.17) is 15.2 Å². The Labute approximate surface area is 96.2 Å². The zero-order valence-electron chi connectivity index (χ0n) is 9.85. The van der Waals surface area contributed by atoms with Gasteiger partial charge in [-0.3, -0.25) is 4.98 Å². The van der Waals surface area contributed by atoms with Crippen molar-refractivity contribution in [1.82, 2.24) is 4.98 Å². The van der Waals surface area contributed by atoms with Crippen molar-refractivity contribution in [2.24, 2.45) is 0 Å². The number of likely N-dealkylation sites (N-methyl/N-ethyl adjacent to an activating group) is 1. The van der Waals surface area contributed by atoms with Gasteiger partial charge in [0.2, 0.25) is 0 Å². The average molecular weight is 225 g/mol. The summed E-state index contributed by atoms with van der Waals surface area (Å²) in [6, 6.07) is 1.89. The van der Waals surface area contributed by atoms with Crippen LogP contribution < -0.4 is 10.6 Å². The number of nitrogens with zero attached hydrogens (tertiary/aromatic N) is 2. The van der Waals surface area contributed by atoms with E-state index in [1.807, 2.05) is 18.0 Å². The second-order valence-corrected chi connectivity index (χ2v) is 3.46. The lowest BCUT2D eigenvalue weighted by Crippen LogP contribution is -2.24. The van der Waals surface area contributed by atoms with Crippen molar-refractivity contribution in [1.29, 1.82) is 0 Å². The highest BCUT2D eigenvalue weighted by Crippen LogP contribution is 2.19. The fourth-order valence-electron chi connectivity index (χ4n) is 1.31. The SMILES string of the molecule is COCCOCCN(C)c1ccncc1N. The summed E-state index contributed by atoms with van der Waals surface area (Å²) in [4.78, 5) is 5.99. The highest BCUT2D eigenvalue weighted by atomic mass is 16.5. The molecular weight excluding hydrogens is 206 g/mol. The van der Waals surface area contributed by atoms with Gasteiger partial charge in [0, 0.05) is 26.9 Å². The van der Waals surface area contributed by atoms with Crippen LogP contribution in [0.3, 0.4) is 0 Å². The molecule has 0 aliphatic heterocycles. The van der Waals surface area contributed by atoms with Crippen molar-refractivity contribution in [3.63, 3.8) is 0 Å². The fourth-order valence-corrected chi connectivity index (χ4v) is 1.31. The Morgan fingerprint density at radius 3 is 2.88 bits per heavy atom. The van der Waals surface area contributed by atoms with Gasteiger partial charge in [-0.05, 0) is 6.07 Å². The van der Waals surface area contributed by atoms with E-state index < -0.39 is 0 Å². The van der Waals surface area contributed by atoms with Gasteiger partial charge in [0.1, 0.15) is 0 Å². The van der Waals surface area contributed by atoms with E-state index in [0.29, 0.717) is 25.5 Å². The van der Waals surface area contributed by atoms with Gasteiger partial charge in [-0.2, -0.15) is 0 Å². The van der Waals surface area contributed by atoms with Gasteiger partial charge >= 0.3 is 0 Å². The van der Waals surface area contributed by atoms with Crippen LogP contribution in [-0.4, -0.2) is 45.5 Å². The second-order valence-electron chi connectivity index (χ2n) is 3.46. The molecule has 1 aromatic heterocycles. The molecule has 0 bridgehead atoms. The minimum absolute atomic E-state index is 0.621. The van der Waals surface area contributed by atoms with Gasteiger partial charge in [-0.15, -0.1) is 0 Å². The normalized spacial score (nSPS) is 10.4. The van der Waals surface area contributed by atoms with Crippen molar-refractivity contribution in [3.8, 4) is 0 Å². The lowest BCUT2D eigenvalue weighted by atomic mass is 10.3. The molecule has 0 saturated heterocycles. The average Bonchev–Trinajstić information content (AvgIpc) is 2.29. The van der Waals surface area contributed by atoms with Crippen LogP contribution in [0.1, 0.15) is 0 Å². The van der Waals surface area contributed by atoms with E-state index in [9.17, 15) is 0 Å². The number of anilines is 2. The number of methoxy groups -OCH3 is 1. The largest absolute Gasteiger partial charge is 0.396 e. The van der Waals surface area contributed by atoms with E-state index in [1.54, 1.807) is 19.5 Å². The lowest BCUT2D eigenvalue weighted by molar-refractivity contribution is 0.0744. The number of nitrogens with two attached hydrogens (primary N) is 1. The number of ether oxygens (including phenoxy) is 2. The van der Waals surface area contributed by atoms with Gasteiger partial charge in [-0.25, -0.2) is 0 Å². The second kappa shape index (κ2) is 7.03. The first-order valence-corrected chi connectivity index (χ1v) is 5.23. The minimum Gasteiger partial charge on any atom is -0.396 e. The number of pyridine rings is 1. The molecule has 0 spiro atoms. The van der Waals surface area contributed by atoms with Crippen LogP contribution in [0.5, 0.6) is 0 Å². The Kier molecular flexibility index (Phi) is 5.60. The van der Waals surface area contributed by atoms with E-state index in [1.165, 1.54) is 0 Å². The molecule has 0 atom stereocenters. The topological polar surface area (TPSA) is 60.6 Å². The fraction of sp³-hybridized carbons (Fsp3) is 0.545. The quantitative estimate of drug-likeness (QED) is 0.694. The highest BCUT2D eigenvalue weighted by Gasteiger charge is 2.03. The van der Waals surface area contributed by atoms with Crippen LogP contribution in [0.2, 0.25) is 0 Å². The molecule has 2 N–H and O–H groups in total. The zero-order chi connectivity index (χ0) is 11.8. The molecule has 0 aromatic carbocycles. The predicted molar refractivity (Wildman–Crippen MR) is 64.6 cm³/mol. The molecular formula is C11H19N3O2. The predicted octanol–water partition coefficient (Wildman–Crippen LogP) is 0.763. The Bertz CT molecular complexity index is 307. The summed E-state index contributed by atoms with van der Waals surface area (Å²) >= 11 is 0. The molecule has 0 fully saturated rings. The Morgan fingerprint density at radius 2 is 2.19 bits per heavy atom. The third-order valence-electron chi connectivity index (χ3n) is 2.24. The first-order chi connectivity index (χ1) is 7.75. The first-order valence-electron chi connectivity index (χ1n) is 5.23. The Balaban J connectivity index is 2.30. The molecule has 1 rings (SSSR count).